The Kier molecular flexibility index (Phi) is 6.58. The number of fused-ring (bicyclic) bond motifs is 5. The van der Waals surface area contributed by atoms with E-state index in [9.17, 15) is 14.4 Å². The van der Waals surface area contributed by atoms with Crippen molar-refractivity contribution in [3.8, 4) is 5.75 Å². The Morgan fingerprint density at radius 2 is 1.79 bits per heavy atom. The first-order valence-electron chi connectivity index (χ1n) is 14.4. The molecule has 0 spiro atoms. The first-order chi connectivity index (χ1) is 18.3. The lowest BCUT2D eigenvalue weighted by Gasteiger charge is -2.56. The van der Waals surface area contributed by atoms with E-state index in [0.717, 1.165) is 49.7 Å². The maximum absolute atomic E-state index is 13.7. The van der Waals surface area contributed by atoms with Crippen molar-refractivity contribution in [3.63, 3.8) is 0 Å². The van der Waals surface area contributed by atoms with Crippen molar-refractivity contribution in [2.45, 2.75) is 58.8 Å². The minimum absolute atomic E-state index is 0.0193. The van der Waals surface area contributed by atoms with Gasteiger partial charge in [0.05, 0.1) is 13.2 Å². The largest absolute Gasteiger partial charge is 0.484 e. The summed E-state index contributed by atoms with van der Waals surface area (Å²) in [6, 6.07) is 7.70. The SMILES string of the molecule is C[C@]12CCC(=O)C=C1CC[C@@H]1[C@@H]2CC[C@]2(C)C(=O)/C(=C/c3ccc(OCC(=O)N4CCOCC4)cc3)C[C@@H]12. The van der Waals surface area contributed by atoms with Crippen LogP contribution in [0.15, 0.2) is 41.5 Å². The number of nitrogens with zero attached hydrogens (tertiary/aromatic N) is 1. The summed E-state index contributed by atoms with van der Waals surface area (Å²) in [7, 11) is 0. The van der Waals surface area contributed by atoms with E-state index in [4.69, 9.17) is 9.47 Å². The van der Waals surface area contributed by atoms with Gasteiger partial charge in [0, 0.05) is 24.9 Å². The molecular formula is C32H39NO5. The number of morpholine rings is 1. The first kappa shape index (κ1) is 25.5. The fourth-order valence-electron chi connectivity index (χ4n) is 8.27. The molecule has 1 saturated heterocycles. The topological polar surface area (TPSA) is 72.9 Å². The van der Waals surface area contributed by atoms with E-state index >= 15 is 0 Å². The van der Waals surface area contributed by atoms with Gasteiger partial charge < -0.3 is 14.4 Å². The Hall–Kier alpha value is -2.73. The minimum atomic E-state index is -0.280. The summed E-state index contributed by atoms with van der Waals surface area (Å²) in [5, 5.41) is 0. The highest BCUT2D eigenvalue weighted by Crippen LogP contribution is 2.65. The van der Waals surface area contributed by atoms with Crippen LogP contribution in [0.2, 0.25) is 0 Å². The van der Waals surface area contributed by atoms with Crippen LogP contribution in [-0.2, 0) is 19.1 Å². The number of amides is 1. The predicted octanol–water partition coefficient (Wildman–Crippen LogP) is 5.02. The second kappa shape index (κ2) is 9.78. The summed E-state index contributed by atoms with van der Waals surface area (Å²) in [5.41, 5.74) is 3.14. The molecule has 4 aliphatic carbocycles. The van der Waals surface area contributed by atoms with E-state index < -0.39 is 0 Å². The number of Topliss-reactive ketones (excluding diaryl/α,β-unsaturated/α-hetero) is 1. The van der Waals surface area contributed by atoms with Gasteiger partial charge in [-0.25, -0.2) is 0 Å². The Balaban J connectivity index is 1.14. The lowest BCUT2D eigenvalue weighted by Crippen LogP contribution is -2.50. The highest BCUT2D eigenvalue weighted by atomic mass is 16.5. The Bertz CT molecular complexity index is 1190. The number of benzene rings is 1. The van der Waals surface area contributed by atoms with E-state index in [0.29, 0.717) is 62.0 Å². The number of carbonyl (C=O) groups excluding carboxylic acids is 3. The number of ketones is 2. The Labute approximate surface area is 225 Å². The summed E-state index contributed by atoms with van der Waals surface area (Å²) in [5.74, 6) is 2.73. The molecule has 0 aromatic heterocycles. The van der Waals surface area contributed by atoms with Gasteiger partial charge in [0.2, 0.25) is 0 Å². The highest BCUT2D eigenvalue weighted by molar-refractivity contribution is 6.06. The van der Waals surface area contributed by atoms with Crippen LogP contribution in [-0.4, -0.2) is 55.3 Å². The molecular weight excluding hydrogens is 478 g/mol. The monoisotopic (exact) mass is 517 g/mol. The van der Waals surface area contributed by atoms with Gasteiger partial charge in [0.1, 0.15) is 5.75 Å². The van der Waals surface area contributed by atoms with Crippen molar-refractivity contribution >= 4 is 23.5 Å². The molecule has 6 rings (SSSR count). The molecule has 202 valence electrons. The fourth-order valence-corrected chi connectivity index (χ4v) is 8.27. The van der Waals surface area contributed by atoms with E-state index in [1.54, 1.807) is 4.90 Å². The Morgan fingerprint density at radius 1 is 1.03 bits per heavy atom. The van der Waals surface area contributed by atoms with Crippen LogP contribution in [0.5, 0.6) is 5.75 Å². The quantitative estimate of drug-likeness (QED) is 0.525. The van der Waals surface area contributed by atoms with E-state index in [2.05, 4.69) is 19.9 Å². The van der Waals surface area contributed by atoms with Gasteiger partial charge in [0.15, 0.2) is 18.2 Å². The van der Waals surface area contributed by atoms with Crippen molar-refractivity contribution < 1.29 is 23.9 Å². The molecule has 38 heavy (non-hydrogen) atoms. The maximum atomic E-state index is 13.7. The molecule has 6 nitrogen and oxygen atoms in total. The number of allylic oxidation sites excluding steroid dienone is 2. The number of rotatable bonds is 4. The lowest BCUT2D eigenvalue weighted by atomic mass is 9.47. The number of ether oxygens (including phenoxy) is 2. The van der Waals surface area contributed by atoms with Crippen LogP contribution in [0.4, 0.5) is 0 Å². The van der Waals surface area contributed by atoms with E-state index in [1.807, 2.05) is 30.3 Å². The molecule has 4 fully saturated rings. The molecule has 0 unspecified atom stereocenters. The number of carbonyl (C=O) groups is 3. The lowest BCUT2D eigenvalue weighted by molar-refractivity contribution is -0.137. The van der Waals surface area contributed by atoms with Gasteiger partial charge in [-0.05, 0) is 97.1 Å². The molecule has 0 radical (unpaired) electrons. The molecule has 1 aromatic carbocycles. The number of hydrogen-bond donors (Lipinski definition) is 0. The average molecular weight is 518 g/mol. The molecule has 1 aliphatic heterocycles. The van der Waals surface area contributed by atoms with Gasteiger partial charge in [-0.3, -0.25) is 14.4 Å². The molecule has 0 bridgehead atoms. The van der Waals surface area contributed by atoms with Crippen molar-refractivity contribution in [2.24, 2.45) is 28.6 Å². The van der Waals surface area contributed by atoms with Crippen LogP contribution in [0.3, 0.4) is 0 Å². The van der Waals surface area contributed by atoms with Gasteiger partial charge >= 0.3 is 0 Å². The summed E-state index contributed by atoms with van der Waals surface area (Å²) in [6.45, 7) is 6.99. The minimum Gasteiger partial charge on any atom is -0.484 e. The standard InChI is InChI=1S/C32H39NO5/c1-31-11-9-24(34)19-23(31)5-8-26-27(31)10-12-32(2)28(26)18-22(30(32)36)17-21-3-6-25(7-4-21)38-20-29(35)33-13-15-37-16-14-33/h3-4,6-7,17,19,26-28H,5,8-16,18,20H2,1-2H3/b22-17+/t26-,27+,28+,31+,32+/m1/s1. The Morgan fingerprint density at radius 3 is 2.55 bits per heavy atom. The third-order valence-electron chi connectivity index (χ3n) is 10.5. The van der Waals surface area contributed by atoms with Crippen molar-refractivity contribution in [3.05, 3.63) is 47.1 Å². The van der Waals surface area contributed by atoms with Crippen LogP contribution >= 0.6 is 0 Å². The van der Waals surface area contributed by atoms with Gasteiger partial charge in [-0.2, -0.15) is 0 Å². The zero-order valence-corrected chi connectivity index (χ0v) is 22.7. The molecule has 6 heteroatoms. The van der Waals surface area contributed by atoms with Gasteiger partial charge in [0.25, 0.3) is 5.91 Å². The zero-order valence-electron chi connectivity index (χ0n) is 22.7. The molecule has 5 atom stereocenters. The van der Waals surface area contributed by atoms with Crippen LogP contribution in [0.25, 0.3) is 6.08 Å². The smallest absolute Gasteiger partial charge is 0.260 e. The number of hydrogen-bond acceptors (Lipinski definition) is 5. The predicted molar refractivity (Wildman–Crippen MR) is 144 cm³/mol. The third kappa shape index (κ3) is 4.35. The second-order valence-electron chi connectivity index (χ2n) is 12.5. The molecule has 1 aromatic rings. The first-order valence-corrected chi connectivity index (χ1v) is 14.4. The molecule has 5 aliphatic rings. The highest BCUT2D eigenvalue weighted by Gasteiger charge is 2.60. The van der Waals surface area contributed by atoms with E-state index in [1.165, 1.54) is 5.57 Å². The molecule has 3 saturated carbocycles. The van der Waals surface area contributed by atoms with Crippen molar-refractivity contribution in [2.75, 3.05) is 32.9 Å². The summed E-state index contributed by atoms with van der Waals surface area (Å²) >= 11 is 0. The summed E-state index contributed by atoms with van der Waals surface area (Å²) < 4.78 is 11.0. The van der Waals surface area contributed by atoms with Crippen molar-refractivity contribution in [1.82, 2.24) is 4.90 Å². The zero-order chi connectivity index (χ0) is 26.5. The fraction of sp³-hybridized carbons (Fsp3) is 0.594. The normalized spacial score (nSPS) is 35.8. The summed E-state index contributed by atoms with van der Waals surface area (Å²) in [4.78, 5) is 40.0. The average Bonchev–Trinajstić information content (AvgIpc) is 3.18. The maximum Gasteiger partial charge on any atom is 0.260 e. The molecule has 1 amide bonds. The second-order valence-corrected chi connectivity index (χ2v) is 12.5. The van der Waals surface area contributed by atoms with E-state index in [-0.39, 0.29) is 29.1 Å². The third-order valence-corrected chi connectivity index (χ3v) is 10.5. The molecule has 0 N–H and O–H groups in total. The van der Waals surface area contributed by atoms with Gasteiger partial charge in [-0.15, -0.1) is 0 Å². The van der Waals surface area contributed by atoms with Crippen LogP contribution in [0.1, 0.15) is 64.4 Å². The van der Waals surface area contributed by atoms with Crippen LogP contribution in [0, 0.1) is 28.6 Å². The summed E-state index contributed by atoms with van der Waals surface area (Å²) in [6.07, 6.45) is 10.6. The molecule has 1 heterocycles. The van der Waals surface area contributed by atoms with Gasteiger partial charge in [-0.1, -0.05) is 31.6 Å². The van der Waals surface area contributed by atoms with Crippen LogP contribution < -0.4 is 4.74 Å². The van der Waals surface area contributed by atoms with Crippen molar-refractivity contribution in [1.29, 1.82) is 0 Å².